The van der Waals surface area contributed by atoms with Gasteiger partial charge in [0.05, 0.1) is 10.5 Å². The first kappa shape index (κ1) is 15.7. The normalized spacial score (nSPS) is 11.3. The van der Waals surface area contributed by atoms with E-state index < -0.39 is 16.0 Å². The minimum atomic E-state index is -3.67. The average molecular weight is 370 g/mol. The molecule has 21 heavy (non-hydrogen) atoms. The molecule has 0 fully saturated rings. The number of nitrogens with one attached hydrogen (secondary N) is 1. The molecule has 110 valence electrons. The molecule has 5 nitrogen and oxygen atoms in total. The Balaban J connectivity index is 2.18. The predicted octanol–water partition coefficient (Wildman–Crippen LogP) is 2.63. The fraction of sp³-hybridized carbons (Fsp3) is 0.0714. The fourth-order valence-electron chi connectivity index (χ4n) is 1.73. The third-order valence-corrected chi connectivity index (χ3v) is 5.18. The first-order valence-electron chi connectivity index (χ1n) is 5.96. The van der Waals surface area contributed by atoms with Gasteiger partial charge in [0.1, 0.15) is 0 Å². The molecule has 7 heteroatoms. The van der Waals surface area contributed by atoms with Crippen LogP contribution < -0.4 is 4.72 Å². The van der Waals surface area contributed by atoms with Crippen molar-refractivity contribution in [3.63, 3.8) is 0 Å². The summed E-state index contributed by atoms with van der Waals surface area (Å²) in [7, 11) is -3.67. The number of benzene rings is 2. The topological polar surface area (TPSA) is 83.5 Å². The lowest BCUT2D eigenvalue weighted by atomic mass is 10.1. The number of hydrogen-bond acceptors (Lipinski definition) is 3. The molecule has 0 heterocycles. The smallest absolute Gasteiger partial charge is 0.335 e. The molecule has 0 saturated heterocycles. The van der Waals surface area contributed by atoms with E-state index in [9.17, 15) is 13.2 Å². The van der Waals surface area contributed by atoms with Gasteiger partial charge in [-0.25, -0.2) is 17.9 Å². The summed E-state index contributed by atoms with van der Waals surface area (Å²) >= 11 is 3.19. The summed E-state index contributed by atoms with van der Waals surface area (Å²) in [5.41, 5.74) is 0.693. The van der Waals surface area contributed by atoms with Crippen LogP contribution in [0.3, 0.4) is 0 Å². The van der Waals surface area contributed by atoms with Crippen molar-refractivity contribution in [2.75, 3.05) is 0 Å². The van der Waals surface area contributed by atoms with Gasteiger partial charge in [-0.05, 0) is 45.8 Å². The van der Waals surface area contributed by atoms with Gasteiger partial charge in [0.15, 0.2) is 0 Å². The van der Waals surface area contributed by atoms with Gasteiger partial charge in [0, 0.05) is 11.0 Å². The minimum Gasteiger partial charge on any atom is -0.478 e. The van der Waals surface area contributed by atoms with Gasteiger partial charge in [-0.15, -0.1) is 0 Å². The standard InChI is InChI=1S/C14H12BrNO4S/c15-12-6-1-2-7-13(12)21(19,20)16-9-10-4-3-5-11(8-10)14(17)18/h1-8,16H,9H2,(H,17,18). The van der Waals surface area contributed by atoms with Crippen LogP contribution in [-0.4, -0.2) is 19.5 Å². The van der Waals surface area contributed by atoms with Crippen molar-refractivity contribution >= 4 is 31.9 Å². The van der Waals surface area contributed by atoms with Crippen molar-refractivity contribution in [1.29, 1.82) is 0 Å². The first-order valence-corrected chi connectivity index (χ1v) is 8.24. The molecule has 2 aromatic rings. The van der Waals surface area contributed by atoms with Crippen molar-refractivity contribution < 1.29 is 18.3 Å². The van der Waals surface area contributed by atoms with Crippen LogP contribution in [0.5, 0.6) is 0 Å². The molecule has 0 aromatic heterocycles. The second-order valence-electron chi connectivity index (χ2n) is 4.26. The predicted molar refractivity (Wildman–Crippen MR) is 81.6 cm³/mol. The van der Waals surface area contributed by atoms with Gasteiger partial charge in [-0.1, -0.05) is 24.3 Å². The lowest BCUT2D eigenvalue weighted by Crippen LogP contribution is -2.23. The lowest BCUT2D eigenvalue weighted by Gasteiger charge is -2.08. The summed E-state index contributed by atoms with van der Waals surface area (Å²) in [5.74, 6) is -1.05. The van der Waals surface area contributed by atoms with Crippen molar-refractivity contribution in [3.05, 3.63) is 64.1 Å². The zero-order valence-corrected chi connectivity index (χ0v) is 13.2. The Hall–Kier alpha value is -1.70. The summed E-state index contributed by atoms with van der Waals surface area (Å²) < 4.78 is 27.3. The van der Waals surface area contributed by atoms with Gasteiger partial charge >= 0.3 is 5.97 Å². The largest absolute Gasteiger partial charge is 0.478 e. The molecule has 0 unspecified atom stereocenters. The monoisotopic (exact) mass is 369 g/mol. The zero-order chi connectivity index (χ0) is 15.5. The molecule has 0 aliphatic rings. The van der Waals surface area contributed by atoms with Crippen LogP contribution in [0.4, 0.5) is 0 Å². The fourth-order valence-corrected chi connectivity index (χ4v) is 3.75. The quantitative estimate of drug-likeness (QED) is 0.848. The Bertz CT molecular complexity index is 774. The summed E-state index contributed by atoms with van der Waals surface area (Å²) in [6.07, 6.45) is 0. The van der Waals surface area contributed by atoms with E-state index >= 15 is 0 Å². The van der Waals surface area contributed by atoms with Gasteiger partial charge in [-0.3, -0.25) is 0 Å². The maximum absolute atomic E-state index is 12.2. The van der Waals surface area contributed by atoms with E-state index in [0.29, 0.717) is 10.0 Å². The molecule has 2 N–H and O–H groups in total. The number of sulfonamides is 1. The van der Waals surface area contributed by atoms with E-state index in [1.54, 1.807) is 30.3 Å². The third kappa shape index (κ3) is 3.90. The van der Waals surface area contributed by atoms with E-state index in [0.717, 1.165) is 0 Å². The highest BCUT2D eigenvalue weighted by atomic mass is 79.9. The molecule has 0 saturated carbocycles. The summed E-state index contributed by atoms with van der Waals surface area (Å²) in [6, 6.07) is 12.6. The van der Waals surface area contributed by atoms with Crippen molar-refractivity contribution in [2.24, 2.45) is 0 Å². The highest BCUT2D eigenvalue weighted by Crippen LogP contribution is 2.21. The number of rotatable bonds is 5. The molecule has 0 aliphatic heterocycles. The van der Waals surface area contributed by atoms with Crippen LogP contribution in [0.2, 0.25) is 0 Å². The summed E-state index contributed by atoms with van der Waals surface area (Å²) in [4.78, 5) is 11.0. The Morgan fingerprint density at radius 3 is 2.52 bits per heavy atom. The van der Waals surface area contributed by atoms with E-state index in [-0.39, 0.29) is 17.0 Å². The van der Waals surface area contributed by atoms with Gasteiger partial charge in [0.25, 0.3) is 0 Å². The van der Waals surface area contributed by atoms with Crippen molar-refractivity contribution in [2.45, 2.75) is 11.4 Å². The number of aromatic carboxylic acids is 1. The molecule has 0 atom stereocenters. The SMILES string of the molecule is O=C(O)c1cccc(CNS(=O)(=O)c2ccccc2Br)c1. The number of hydrogen-bond donors (Lipinski definition) is 2. The van der Waals surface area contributed by atoms with E-state index in [2.05, 4.69) is 20.7 Å². The van der Waals surface area contributed by atoms with Crippen LogP contribution >= 0.6 is 15.9 Å². The highest BCUT2D eigenvalue weighted by Gasteiger charge is 2.16. The zero-order valence-electron chi connectivity index (χ0n) is 10.8. The minimum absolute atomic E-state index is 0.0186. The van der Waals surface area contributed by atoms with Crippen LogP contribution in [0.25, 0.3) is 0 Å². The second kappa shape index (κ2) is 6.38. The average Bonchev–Trinajstić information content (AvgIpc) is 2.46. The summed E-state index contributed by atoms with van der Waals surface area (Å²) in [6.45, 7) is 0.0186. The van der Waals surface area contributed by atoms with E-state index in [1.807, 2.05) is 0 Å². The molecule has 2 rings (SSSR count). The molecular formula is C14H12BrNO4S. The van der Waals surface area contributed by atoms with Crippen molar-refractivity contribution in [1.82, 2.24) is 4.72 Å². The lowest BCUT2D eigenvalue weighted by molar-refractivity contribution is 0.0696. The Labute approximate surface area is 130 Å². The van der Waals surface area contributed by atoms with E-state index in [1.165, 1.54) is 18.2 Å². The molecule has 0 spiro atoms. The van der Waals surface area contributed by atoms with Gasteiger partial charge in [0.2, 0.25) is 10.0 Å². The Morgan fingerprint density at radius 1 is 1.14 bits per heavy atom. The van der Waals surface area contributed by atoms with Crippen LogP contribution in [0.1, 0.15) is 15.9 Å². The third-order valence-electron chi connectivity index (χ3n) is 2.77. The molecule has 0 bridgehead atoms. The van der Waals surface area contributed by atoms with Gasteiger partial charge in [-0.2, -0.15) is 0 Å². The molecule has 0 aliphatic carbocycles. The van der Waals surface area contributed by atoms with Gasteiger partial charge < -0.3 is 5.11 Å². The molecule has 0 amide bonds. The highest BCUT2D eigenvalue weighted by molar-refractivity contribution is 9.10. The second-order valence-corrected chi connectivity index (χ2v) is 6.85. The van der Waals surface area contributed by atoms with Crippen LogP contribution in [0, 0.1) is 0 Å². The maximum Gasteiger partial charge on any atom is 0.335 e. The molecule has 0 radical (unpaired) electrons. The first-order chi connectivity index (χ1) is 9.90. The number of halogens is 1. The van der Waals surface area contributed by atoms with Crippen molar-refractivity contribution in [3.8, 4) is 0 Å². The van der Waals surface area contributed by atoms with Crippen LogP contribution in [0.15, 0.2) is 57.9 Å². The Morgan fingerprint density at radius 2 is 1.86 bits per heavy atom. The molecular weight excluding hydrogens is 358 g/mol. The number of carboxylic acid groups (broad SMARTS) is 1. The van der Waals surface area contributed by atoms with E-state index in [4.69, 9.17) is 5.11 Å². The Kier molecular flexibility index (Phi) is 4.76. The van der Waals surface area contributed by atoms with Crippen LogP contribution in [-0.2, 0) is 16.6 Å². The molecule has 2 aromatic carbocycles. The maximum atomic E-state index is 12.2. The number of carboxylic acids is 1. The number of carbonyl (C=O) groups is 1. The summed E-state index contributed by atoms with van der Waals surface area (Å²) in [5, 5.41) is 8.91.